The lowest BCUT2D eigenvalue weighted by molar-refractivity contribution is 0.254. The summed E-state index contributed by atoms with van der Waals surface area (Å²) in [7, 11) is -3.39. The normalized spacial score (nSPS) is 17.6. The van der Waals surface area contributed by atoms with E-state index in [4.69, 9.17) is 23.2 Å². The van der Waals surface area contributed by atoms with Crippen molar-refractivity contribution in [2.45, 2.75) is 4.90 Å². The molecule has 0 aromatic heterocycles. The van der Waals surface area contributed by atoms with Gasteiger partial charge in [-0.3, -0.25) is 4.90 Å². The van der Waals surface area contributed by atoms with Crippen LogP contribution >= 0.6 is 23.2 Å². The van der Waals surface area contributed by atoms with Gasteiger partial charge in [-0.05, 0) is 18.2 Å². The first-order chi connectivity index (χ1) is 8.99. The van der Waals surface area contributed by atoms with Crippen LogP contribution in [0.1, 0.15) is 0 Å². The van der Waals surface area contributed by atoms with Crippen LogP contribution in [0, 0.1) is 0 Å². The van der Waals surface area contributed by atoms with Crippen LogP contribution < -0.4 is 5.32 Å². The first-order valence-electron chi connectivity index (χ1n) is 6.10. The molecule has 2 rings (SSSR count). The van der Waals surface area contributed by atoms with Gasteiger partial charge in [0, 0.05) is 37.7 Å². The summed E-state index contributed by atoms with van der Waals surface area (Å²) in [5.41, 5.74) is 0. The standard InChI is InChI=1S/C12H16Cl2N2O2S/c13-10-1-2-11(14)12(9-10)19(17,18)8-7-16-5-3-15-4-6-16/h1-2,9,15H,3-8H2. The Morgan fingerprint density at radius 1 is 1.21 bits per heavy atom. The number of sulfone groups is 1. The first-order valence-corrected chi connectivity index (χ1v) is 8.51. The molecule has 1 aliphatic rings. The smallest absolute Gasteiger partial charge is 0.181 e. The molecule has 106 valence electrons. The summed E-state index contributed by atoms with van der Waals surface area (Å²) >= 11 is 11.8. The van der Waals surface area contributed by atoms with Gasteiger partial charge in [0.15, 0.2) is 9.84 Å². The van der Waals surface area contributed by atoms with Gasteiger partial charge in [0.1, 0.15) is 0 Å². The van der Waals surface area contributed by atoms with Crippen molar-refractivity contribution in [1.82, 2.24) is 10.2 Å². The Morgan fingerprint density at radius 3 is 2.58 bits per heavy atom. The number of hydrogen-bond donors (Lipinski definition) is 1. The molecule has 7 heteroatoms. The third-order valence-electron chi connectivity index (χ3n) is 3.11. The molecule has 0 radical (unpaired) electrons. The Morgan fingerprint density at radius 2 is 1.89 bits per heavy atom. The van der Waals surface area contributed by atoms with Crippen molar-refractivity contribution < 1.29 is 8.42 Å². The van der Waals surface area contributed by atoms with Gasteiger partial charge >= 0.3 is 0 Å². The summed E-state index contributed by atoms with van der Waals surface area (Å²) in [5.74, 6) is 0.0626. The van der Waals surface area contributed by atoms with E-state index < -0.39 is 9.84 Å². The minimum Gasteiger partial charge on any atom is -0.314 e. The second kappa shape index (κ2) is 6.41. The zero-order valence-corrected chi connectivity index (χ0v) is 12.7. The van der Waals surface area contributed by atoms with Crippen molar-refractivity contribution in [2.75, 3.05) is 38.5 Å². The number of nitrogens with zero attached hydrogens (tertiary/aromatic N) is 1. The van der Waals surface area contributed by atoms with E-state index in [0.29, 0.717) is 11.6 Å². The maximum absolute atomic E-state index is 12.3. The second-order valence-electron chi connectivity index (χ2n) is 4.49. The number of halogens is 2. The number of benzene rings is 1. The van der Waals surface area contributed by atoms with E-state index in [0.717, 1.165) is 26.2 Å². The lowest BCUT2D eigenvalue weighted by Gasteiger charge is -2.26. The van der Waals surface area contributed by atoms with Crippen LogP contribution in [0.15, 0.2) is 23.1 Å². The van der Waals surface area contributed by atoms with Gasteiger partial charge in [-0.2, -0.15) is 0 Å². The third kappa shape index (κ3) is 4.07. The van der Waals surface area contributed by atoms with Crippen molar-refractivity contribution in [2.24, 2.45) is 0 Å². The van der Waals surface area contributed by atoms with Crippen LogP contribution in [0.4, 0.5) is 0 Å². The molecule has 1 fully saturated rings. The minimum atomic E-state index is -3.39. The van der Waals surface area contributed by atoms with Crippen LogP contribution in [0.3, 0.4) is 0 Å². The Kier molecular flexibility index (Phi) is 5.09. The van der Waals surface area contributed by atoms with Crippen molar-refractivity contribution in [3.63, 3.8) is 0 Å². The molecule has 0 aliphatic carbocycles. The topological polar surface area (TPSA) is 49.4 Å². The van der Waals surface area contributed by atoms with E-state index in [-0.39, 0.29) is 15.7 Å². The zero-order valence-electron chi connectivity index (χ0n) is 10.4. The van der Waals surface area contributed by atoms with E-state index in [9.17, 15) is 8.42 Å². The van der Waals surface area contributed by atoms with Crippen molar-refractivity contribution in [1.29, 1.82) is 0 Å². The molecule has 1 saturated heterocycles. The molecule has 19 heavy (non-hydrogen) atoms. The summed E-state index contributed by atoms with van der Waals surface area (Å²) in [6.45, 7) is 4.07. The van der Waals surface area contributed by atoms with Gasteiger partial charge in [0.2, 0.25) is 0 Å². The molecule has 1 N–H and O–H groups in total. The van der Waals surface area contributed by atoms with Crippen LogP contribution in [0.25, 0.3) is 0 Å². The lowest BCUT2D eigenvalue weighted by Crippen LogP contribution is -2.45. The van der Waals surface area contributed by atoms with Gasteiger partial charge in [0.25, 0.3) is 0 Å². The van der Waals surface area contributed by atoms with E-state index in [1.54, 1.807) is 6.07 Å². The van der Waals surface area contributed by atoms with E-state index in [1.807, 2.05) is 0 Å². The summed E-state index contributed by atoms with van der Waals surface area (Å²) in [5, 5.41) is 3.84. The lowest BCUT2D eigenvalue weighted by atomic mass is 10.4. The largest absolute Gasteiger partial charge is 0.314 e. The second-order valence-corrected chi connectivity index (χ2v) is 7.41. The van der Waals surface area contributed by atoms with E-state index >= 15 is 0 Å². The highest BCUT2D eigenvalue weighted by atomic mass is 35.5. The molecular weight excluding hydrogens is 307 g/mol. The van der Waals surface area contributed by atoms with E-state index in [1.165, 1.54) is 12.1 Å². The molecule has 0 unspecified atom stereocenters. The van der Waals surface area contributed by atoms with Crippen LogP contribution in [-0.4, -0.2) is 51.8 Å². The fourth-order valence-electron chi connectivity index (χ4n) is 2.01. The Labute approximate surface area is 123 Å². The summed E-state index contributed by atoms with van der Waals surface area (Å²) in [6, 6.07) is 4.51. The van der Waals surface area contributed by atoms with Crippen LogP contribution in [-0.2, 0) is 9.84 Å². The van der Waals surface area contributed by atoms with Crippen molar-refractivity contribution in [3.05, 3.63) is 28.2 Å². The molecule has 0 amide bonds. The van der Waals surface area contributed by atoms with Gasteiger partial charge in [-0.15, -0.1) is 0 Å². The third-order valence-corrected chi connectivity index (χ3v) is 5.52. The number of nitrogens with one attached hydrogen (secondary N) is 1. The highest BCUT2D eigenvalue weighted by Gasteiger charge is 2.20. The predicted octanol–water partition coefficient (Wildman–Crippen LogP) is 1.67. The number of hydrogen-bond acceptors (Lipinski definition) is 4. The molecule has 1 heterocycles. The predicted molar refractivity (Wildman–Crippen MR) is 77.8 cm³/mol. The highest BCUT2D eigenvalue weighted by Crippen LogP contribution is 2.25. The maximum atomic E-state index is 12.3. The van der Waals surface area contributed by atoms with Crippen molar-refractivity contribution in [3.8, 4) is 0 Å². The van der Waals surface area contributed by atoms with Crippen molar-refractivity contribution >= 4 is 33.0 Å². The highest BCUT2D eigenvalue weighted by molar-refractivity contribution is 7.91. The molecule has 1 aliphatic heterocycles. The molecule has 0 atom stereocenters. The molecule has 1 aromatic carbocycles. The molecule has 0 bridgehead atoms. The minimum absolute atomic E-state index is 0.0626. The van der Waals surface area contributed by atoms with Crippen LogP contribution in [0.2, 0.25) is 10.0 Å². The summed E-state index contributed by atoms with van der Waals surface area (Å²) < 4.78 is 24.5. The Hall–Kier alpha value is -0.330. The quantitative estimate of drug-likeness (QED) is 0.916. The SMILES string of the molecule is O=S(=O)(CCN1CCNCC1)c1cc(Cl)ccc1Cl. The van der Waals surface area contributed by atoms with Crippen LogP contribution in [0.5, 0.6) is 0 Å². The fraction of sp³-hybridized carbons (Fsp3) is 0.500. The summed E-state index contributed by atoms with van der Waals surface area (Å²) in [4.78, 5) is 2.25. The van der Waals surface area contributed by atoms with Gasteiger partial charge < -0.3 is 5.32 Å². The van der Waals surface area contributed by atoms with Gasteiger partial charge in [-0.1, -0.05) is 23.2 Å². The molecule has 4 nitrogen and oxygen atoms in total. The number of rotatable bonds is 4. The maximum Gasteiger partial charge on any atom is 0.181 e. The molecule has 0 spiro atoms. The monoisotopic (exact) mass is 322 g/mol. The Balaban J connectivity index is 2.07. The molecule has 1 aromatic rings. The molecular formula is C12H16Cl2N2O2S. The zero-order chi connectivity index (χ0) is 13.9. The average molecular weight is 323 g/mol. The van der Waals surface area contributed by atoms with Gasteiger partial charge in [0.05, 0.1) is 15.7 Å². The van der Waals surface area contributed by atoms with Gasteiger partial charge in [-0.25, -0.2) is 8.42 Å². The van der Waals surface area contributed by atoms with E-state index in [2.05, 4.69) is 10.2 Å². The summed E-state index contributed by atoms with van der Waals surface area (Å²) in [6.07, 6.45) is 0. The Bertz CT molecular complexity index is 543. The average Bonchev–Trinajstić information content (AvgIpc) is 2.40. The number of piperazine rings is 1. The molecule has 0 saturated carbocycles. The fourth-order valence-corrected chi connectivity index (χ4v) is 4.11. The first kappa shape index (κ1) is 15.1.